The van der Waals surface area contributed by atoms with Gasteiger partial charge in [-0.2, -0.15) is 5.26 Å². The number of amides is 2. The number of nitrogens with one attached hydrogen (secondary N) is 1. The van der Waals surface area contributed by atoms with Gasteiger partial charge in [0.15, 0.2) is 0 Å². The molecule has 0 aliphatic heterocycles. The second-order valence-electron chi connectivity index (χ2n) is 6.82. The normalized spacial score (nSPS) is 12.4. The molecule has 6 heteroatoms. The lowest BCUT2D eigenvalue weighted by Crippen LogP contribution is -2.37. The first-order valence-electron chi connectivity index (χ1n) is 9.60. The summed E-state index contributed by atoms with van der Waals surface area (Å²) >= 11 is 0. The summed E-state index contributed by atoms with van der Waals surface area (Å²) in [5.74, 6) is 0.465. The molecule has 0 heterocycles. The number of ether oxygens (including phenoxy) is 1. The van der Waals surface area contributed by atoms with Crippen LogP contribution in [0.1, 0.15) is 56.0 Å². The fourth-order valence-electron chi connectivity index (χ4n) is 3.31. The Labute approximate surface area is 172 Å². The number of carbonyl (C=O) groups excluding carboxylic acids is 2. The lowest BCUT2D eigenvalue weighted by Gasteiger charge is -2.30. The number of nitrogens with zero attached hydrogens (tertiary/aromatic N) is 2. The second-order valence-corrected chi connectivity index (χ2v) is 6.82. The highest BCUT2D eigenvalue weighted by Gasteiger charge is 2.24. The predicted molar refractivity (Wildman–Crippen MR) is 111 cm³/mol. The van der Waals surface area contributed by atoms with E-state index >= 15 is 0 Å². The summed E-state index contributed by atoms with van der Waals surface area (Å²) in [6.07, 6.45) is 0.153. The van der Waals surface area contributed by atoms with Crippen molar-refractivity contribution in [2.24, 2.45) is 0 Å². The third kappa shape index (κ3) is 5.82. The van der Waals surface area contributed by atoms with Crippen LogP contribution < -0.4 is 10.1 Å². The van der Waals surface area contributed by atoms with E-state index in [2.05, 4.69) is 11.4 Å². The molecule has 2 atom stereocenters. The van der Waals surface area contributed by atoms with Gasteiger partial charge >= 0.3 is 0 Å². The molecule has 29 heavy (non-hydrogen) atoms. The first kappa shape index (κ1) is 22.0. The standard InChI is InChI=1S/C23H27N3O3/c1-5-26(16(2)19-8-6-18(15-24)7-9-19)23(28)14-22(25-17(3)27)20-10-12-21(29-4)13-11-20/h6-13,16,22H,5,14H2,1-4H3,(H,25,27). The van der Waals surface area contributed by atoms with Crippen molar-refractivity contribution in [1.82, 2.24) is 10.2 Å². The van der Waals surface area contributed by atoms with Crippen LogP contribution in [0.2, 0.25) is 0 Å². The van der Waals surface area contributed by atoms with Gasteiger partial charge in [-0.15, -0.1) is 0 Å². The van der Waals surface area contributed by atoms with Crippen LogP contribution in [0.15, 0.2) is 48.5 Å². The van der Waals surface area contributed by atoms with Crippen LogP contribution in [-0.4, -0.2) is 30.4 Å². The average molecular weight is 393 g/mol. The van der Waals surface area contributed by atoms with E-state index in [0.29, 0.717) is 17.9 Å². The van der Waals surface area contributed by atoms with Crippen LogP contribution >= 0.6 is 0 Å². The fraction of sp³-hybridized carbons (Fsp3) is 0.348. The molecule has 2 unspecified atom stereocenters. The van der Waals surface area contributed by atoms with Crippen LogP contribution in [0.5, 0.6) is 5.75 Å². The van der Waals surface area contributed by atoms with E-state index in [1.165, 1.54) is 6.92 Å². The molecule has 152 valence electrons. The Bertz CT molecular complexity index is 870. The summed E-state index contributed by atoms with van der Waals surface area (Å²) in [7, 11) is 1.59. The Morgan fingerprint density at radius 1 is 1.10 bits per heavy atom. The van der Waals surface area contributed by atoms with Gasteiger partial charge in [0, 0.05) is 13.5 Å². The van der Waals surface area contributed by atoms with E-state index in [0.717, 1.165) is 11.1 Å². The summed E-state index contributed by atoms with van der Waals surface area (Å²) in [5.41, 5.74) is 2.39. The van der Waals surface area contributed by atoms with Gasteiger partial charge in [-0.25, -0.2) is 0 Å². The number of benzene rings is 2. The van der Waals surface area contributed by atoms with E-state index in [9.17, 15) is 9.59 Å². The minimum absolute atomic E-state index is 0.0565. The summed E-state index contributed by atoms with van der Waals surface area (Å²) in [6, 6.07) is 16.1. The first-order chi connectivity index (χ1) is 13.9. The molecule has 2 aromatic carbocycles. The van der Waals surface area contributed by atoms with Crippen molar-refractivity contribution in [2.75, 3.05) is 13.7 Å². The van der Waals surface area contributed by atoms with E-state index < -0.39 is 6.04 Å². The van der Waals surface area contributed by atoms with E-state index in [1.54, 1.807) is 24.1 Å². The molecule has 0 fully saturated rings. The van der Waals surface area contributed by atoms with Gasteiger partial charge in [0.1, 0.15) is 5.75 Å². The molecule has 2 rings (SSSR count). The van der Waals surface area contributed by atoms with Crippen LogP contribution in [0, 0.1) is 11.3 Å². The van der Waals surface area contributed by atoms with Crippen molar-refractivity contribution in [1.29, 1.82) is 5.26 Å². The molecular weight excluding hydrogens is 366 g/mol. The zero-order valence-electron chi connectivity index (χ0n) is 17.3. The van der Waals surface area contributed by atoms with E-state index in [-0.39, 0.29) is 24.3 Å². The number of rotatable bonds is 8. The lowest BCUT2D eigenvalue weighted by molar-refractivity contribution is -0.134. The largest absolute Gasteiger partial charge is 0.497 e. The third-order valence-corrected chi connectivity index (χ3v) is 4.93. The quantitative estimate of drug-likeness (QED) is 0.741. The average Bonchev–Trinajstić information content (AvgIpc) is 2.73. The summed E-state index contributed by atoms with van der Waals surface area (Å²) in [5, 5.41) is 11.8. The van der Waals surface area contributed by atoms with Gasteiger partial charge < -0.3 is 15.0 Å². The maximum absolute atomic E-state index is 13.1. The summed E-state index contributed by atoms with van der Waals surface area (Å²) in [6.45, 7) is 5.87. The van der Waals surface area contributed by atoms with Gasteiger partial charge in [-0.3, -0.25) is 9.59 Å². The maximum Gasteiger partial charge on any atom is 0.225 e. The lowest BCUT2D eigenvalue weighted by atomic mass is 10.0. The number of carbonyl (C=O) groups is 2. The highest BCUT2D eigenvalue weighted by molar-refractivity contribution is 5.79. The van der Waals surface area contributed by atoms with E-state index in [1.807, 2.05) is 50.2 Å². The number of nitriles is 1. The summed E-state index contributed by atoms with van der Waals surface area (Å²) < 4.78 is 5.18. The first-order valence-corrected chi connectivity index (χ1v) is 9.60. The van der Waals surface area contributed by atoms with Crippen molar-refractivity contribution >= 4 is 11.8 Å². The van der Waals surface area contributed by atoms with Gasteiger partial charge in [0.05, 0.1) is 37.2 Å². The third-order valence-electron chi connectivity index (χ3n) is 4.93. The van der Waals surface area contributed by atoms with Crippen LogP contribution in [0.3, 0.4) is 0 Å². The van der Waals surface area contributed by atoms with Crippen molar-refractivity contribution in [3.8, 4) is 11.8 Å². The Morgan fingerprint density at radius 3 is 2.17 bits per heavy atom. The zero-order chi connectivity index (χ0) is 21.4. The zero-order valence-corrected chi connectivity index (χ0v) is 17.3. The monoisotopic (exact) mass is 393 g/mol. The fourth-order valence-corrected chi connectivity index (χ4v) is 3.31. The molecule has 0 radical (unpaired) electrons. The van der Waals surface area contributed by atoms with Crippen LogP contribution in [-0.2, 0) is 9.59 Å². The highest BCUT2D eigenvalue weighted by atomic mass is 16.5. The molecule has 0 saturated carbocycles. The van der Waals surface area contributed by atoms with Gasteiger partial charge in [-0.1, -0.05) is 24.3 Å². The Kier molecular flexibility index (Phi) is 7.79. The minimum atomic E-state index is -0.423. The Hall–Kier alpha value is -3.33. The predicted octanol–water partition coefficient (Wildman–Crippen LogP) is 3.74. The number of hydrogen-bond donors (Lipinski definition) is 1. The topological polar surface area (TPSA) is 82.4 Å². The van der Waals surface area contributed by atoms with E-state index in [4.69, 9.17) is 10.00 Å². The number of methoxy groups -OCH3 is 1. The second kappa shape index (κ2) is 10.3. The molecule has 1 N–H and O–H groups in total. The molecule has 0 bridgehead atoms. The molecule has 0 aliphatic carbocycles. The SMILES string of the molecule is CCN(C(=O)CC(NC(C)=O)c1ccc(OC)cc1)C(C)c1ccc(C#N)cc1. The van der Waals surface area contributed by atoms with Gasteiger partial charge in [0.25, 0.3) is 0 Å². The van der Waals surface area contributed by atoms with Gasteiger partial charge in [0.2, 0.25) is 11.8 Å². The molecule has 6 nitrogen and oxygen atoms in total. The molecule has 0 saturated heterocycles. The summed E-state index contributed by atoms with van der Waals surface area (Å²) in [4.78, 5) is 26.6. The minimum Gasteiger partial charge on any atom is -0.497 e. The van der Waals surface area contributed by atoms with Crippen LogP contribution in [0.4, 0.5) is 0 Å². The van der Waals surface area contributed by atoms with Gasteiger partial charge in [-0.05, 0) is 49.2 Å². The highest BCUT2D eigenvalue weighted by Crippen LogP contribution is 2.25. The van der Waals surface area contributed by atoms with Crippen molar-refractivity contribution in [2.45, 2.75) is 39.3 Å². The maximum atomic E-state index is 13.1. The van der Waals surface area contributed by atoms with Crippen molar-refractivity contribution in [3.63, 3.8) is 0 Å². The molecule has 0 spiro atoms. The van der Waals surface area contributed by atoms with Crippen molar-refractivity contribution < 1.29 is 14.3 Å². The molecule has 2 aromatic rings. The number of hydrogen-bond acceptors (Lipinski definition) is 4. The smallest absolute Gasteiger partial charge is 0.225 e. The van der Waals surface area contributed by atoms with Crippen LogP contribution in [0.25, 0.3) is 0 Å². The molecule has 0 aromatic heterocycles. The Morgan fingerprint density at radius 2 is 1.69 bits per heavy atom. The molecule has 2 amide bonds. The molecule has 0 aliphatic rings. The van der Waals surface area contributed by atoms with Crippen molar-refractivity contribution in [3.05, 3.63) is 65.2 Å². The Balaban J connectivity index is 2.19. The molecular formula is C23H27N3O3.